The van der Waals surface area contributed by atoms with Crippen LogP contribution in [0.4, 0.5) is 0 Å². The van der Waals surface area contributed by atoms with Crippen molar-refractivity contribution < 1.29 is 9.53 Å². The lowest BCUT2D eigenvalue weighted by molar-refractivity contribution is 0.0727. The van der Waals surface area contributed by atoms with Gasteiger partial charge in [-0.25, -0.2) is 0 Å². The number of pyridine rings is 2. The molecule has 0 unspecified atom stereocenters. The molecule has 5 heteroatoms. The number of methoxy groups -OCH3 is 1. The van der Waals surface area contributed by atoms with Gasteiger partial charge in [-0.3, -0.25) is 14.8 Å². The Labute approximate surface area is 165 Å². The van der Waals surface area contributed by atoms with Crippen LogP contribution in [0.25, 0.3) is 11.1 Å². The van der Waals surface area contributed by atoms with Crippen LogP contribution in [0, 0.1) is 6.92 Å². The minimum Gasteiger partial charge on any atom is -0.497 e. The highest BCUT2D eigenvalue weighted by Crippen LogP contribution is 2.34. The SMILES string of the molecule is COc1ccc(-c2cc(C)nc([C@H]3CCCN3C(=O)c3ccccn3)c2)cc1. The van der Waals surface area contributed by atoms with Gasteiger partial charge in [0.25, 0.3) is 5.91 Å². The third-order valence-electron chi connectivity index (χ3n) is 5.14. The molecule has 1 aromatic carbocycles. The van der Waals surface area contributed by atoms with Crippen molar-refractivity contribution in [1.82, 2.24) is 14.9 Å². The molecule has 0 spiro atoms. The molecule has 1 atom stereocenters. The smallest absolute Gasteiger partial charge is 0.273 e. The molecule has 0 saturated carbocycles. The lowest BCUT2D eigenvalue weighted by atomic mass is 10.0. The summed E-state index contributed by atoms with van der Waals surface area (Å²) in [6.07, 6.45) is 3.54. The van der Waals surface area contributed by atoms with E-state index in [4.69, 9.17) is 9.72 Å². The van der Waals surface area contributed by atoms with E-state index in [1.807, 2.05) is 48.2 Å². The zero-order valence-electron chi connectivity index (χ0n) is 16.1. The van der Waals surface area contributed by atoms with E-state index in [-0.39, 0.29) is 11.9 Å². The zero-order chi connectivity index (χ0) is 19.5. The standard InChI is InChI=1S/C23H23N3O2/c1-16-14-18(17-8-10-19(28-2)11-9-17)15-21(25-16)22-7-5-13-26(22)23(27)20-6-3-4-12-24-20/h3-4,6,8-12,14-15,22H,5,7,13H2,1-2H3/t22-/m1/s1. The van der Waals surface area contributed by atoms with Gasteiger partial charge in [-0.15, -0.1) is 0 Å². The van der Waals surface area contributed by atoms with Gasteiger partial charge in [0, 0.05) is 18.4 Å². The van der Waals surface area contributed by atoms with E-state index in [0.29, 0.717) is 5.69 Å². The normalized spacial score (nSPS) is 16.2. The molecular weight excluding hydrogens is 350 g/mol. The van der Waals surface area contributed by atoms with Crippen LogP contribution in [0.15, 0.2) is 60.8 Å². The molecule has 3 aromatic rings. The molecule has 2 aromatic heterocycles. The van der Waals surface area contributed by atoms with E-state index in [2.05, 4.69) is 17.1 Å². The zero-order valence-corrected chi connectivity index (χ0v) is 16.1. The summed E-state index contributed by atoms with van der Waals surface area (Å²) in [5.74, 6) is 0.801. The topological polar surface area (TPSA) is 55.3 Å². The fourth-order valence-corrected chi connectivity index (χ4v) is 3.77. The van der Waals surface area contributed by atoms with Gasteiger partial charge in [-0.05, 0) is 67.3 Å². The second kappa shape index (κ2) is 7.80. The van der Waals surface area contributed by atoms with E-state index < -0.39 is 0 Å². The van der Waals surface area contributed by atoms with Gasteiger partial charge >= 0.3 is 0 Å². The number of rotatable bonds is 4. The second-order valence-corrected chi connectivity index (χ2v) is 7.02. The number of hydrogen-bond donors (Lipinski definition) is 0. The number of aryl methyl sites for hydroxylation is 1. The van der Waals surface area contributed by atoms with Crippen LogP contribution in [-0.2, 0) is 0 Å². The number of carbonyl (C=O) groups is 1. The lowest BCUT2D eigenvalue weighted by Crippen LogP contribution is -2.31. The van der Waals surface area contributed by atoms with Crippen molar-refractivity contribution in [2.75, 3.05) is 13.7 Å². The highest BCUT2D eigenvalue weighted by Gasteiger charge is 2.32. The van der Waals surface area contributed by atoms with Gasteiger partial charge in [-0.1, -0.05) is 18.2 Å². The Hall–Kier alpha value is -3.21. The van der Waals surface area contributed by atoms with Crippen LogP contribution < -0.4 is 4.74 Å². The molecule has 5 nitrogen and oxygen atoms in total. The Kier molecular flexibility index (Phi) is 5.06. The molecule has 0 N–H and O–H groups in total. The van der Waals surface area contributed by atoms with E-state index in [1.165, 1.54) is 0 Å². The highest BCUT2D eigenvalue weighted by atomic mass is 16.5. The molecule has 1 amide bonds. The molecule has 0 radical (unpaired) electrons. The average Bonchev–Trinajstić information content (AvgIpc) is 3.23. The van der Waals surface area contributed by atoms with Crippen LogP contribution in [0.2, 0.25) is 0 Å². The van der Waals surface area contributed by atoms with Crippen LogP contribution in [0.5, 0.6) is 5.75 Å². The average molecular weight is 373 g/mol. The van der Waals surface area contributed by atoms with Crippen molar-refractivity contribution in [3.05, 3.63) is 77.9 Å². The Morgan fingerprint density at radius 3 is 2.64 bits per heavy atom. The minimum atomic E-state index is -0.0302. The second-order valence-electron chi connectivity index (χ2n) is 7.02. The Balaban J connectivity index is 1.66. The van der Waals surface area contributed by atoms with Gasteiger partial charge in [0.05, 0.1) is 18.8 Å². The van der Waals surface area contributed by atoms with Crippen molar-refractivity contribution >= 4 is 5.91 Å². The number of ether oxygens (including phenoxy) is 1. The fraction of sp³-hybridized carbons (Fsp3) is 0.261. The third kappa shape index (κ3) is 3.60. The maximum absolute atomic E-state index is 13.0. The molecule has 3 heterocycles. The molecule has 1 fully saturated rings. The Bertz CT molecular complexity index is 971. The van der Waals surface area contributed by atoms with E-state index >= 15 is 0 Å². The number of aromatic nitrogens is 2. The molecular formula is C23H23N3O2. The lowest BCUT2D eigenvalue weighted by Gasteiger charge is -2.24. The summed E-state index contributed by atoms with van der Waals surface area (Å²) in [7, 11) is 1.66. The molecule has 28 heavy (non-hydrogen) atoms. The first-order valence-corrected chi connectivity index (χ1v) is 9.51. The largest absolute Gasteiger partial charge is 0.497 e. The first kappa shape index (κ1) is 18.2. The number of hydrogen-bond acceptors (Lipinski definition) is 4. The molecule has 1 saturated heterocycles. The molecule has 1 aliphatic rings. The van der Waals surface area contributed by atoms with Gasteiger partial charge in [0.15, 0.2) is 0 Å². The Morgan fingerprint density at radius 1 is 1.11 bits per heavy atom. The summed E-state index contributed by atoms with van der Waals surface area (Å²) in [6, 6.07) is 17.6. The van der Waals surface area contributed by atoms with Crippen molar-refractivity contribution in [3.8, 4) is 16.9 Å². The van der Waals surface area contributed by atoms with E-state index in [9.17, 15) is 4.79 Å². The number of amides is 1. The predicted molar refractivity (Wildman–Crippen MR) is 108 cm³/mol. The van der Waals surface area contributed by atoms with Gasteiger partial charge < -0.3 is 9.64 Å². The predicted octanol–water partition coefficient (Wildman–Crippen LogP) is 4.44. The Morgan fingerprint density at radius 2 is 1.93 bits per heavy atom. The van der Waals surface area contributed by atoms with E-state index in [0.717, 1.165) is 47.7 Å². The van der Waals surface area contributed by atoms with Crippen LogP contribution >= 0.6 is 0 Å². The number of likely N-dealkylation sites (tertiary alicyclic amines) is 1. The van der Waals surface area contributed by atoms with Crippen molar-refractivity contribution in [2.24, 2.45) is 0 Å². The first-order valence-electron chi connectivity index (χ1n) is 9.51. The summed E-state index contributed by atoms with van der Waals surface area (Å²) in [5.41, 5.74) is 4.57. The summed E-state index contributed by atoms with van der Waals surface area (Å²) in [6.45, 7) is 2.73. The number of benzene rings is 1. The summed E-state index contributed by atoms with van der Waals surface area (Å²) >= 11 is 0. The maximum Gasteiger partial charge on any atom is 0.273 e. The van der Waals surface area contributed by atoms with Gasteiger partial charge in [0.1, 0.15) is 11.4 Å². The molecule has 0 bridgehead atoms. The quantitative estimate of drug-likeness (QED) is 0.678. The number of carbonyl (C=O) groups excluding carboxylic acids is 1. The van der Waals surface area contributed by atoms with Crippen LogP contribution in [0.1, 0.15) is 40.8 Å². The first-order chi connectivity index (χ1) is 13.7. The third-order valence-corrected chi connectivity index (χ3v) is 5.14. The molecule has 1 aliphatic heterocycles. The highest BCUT2D eigenvalue weighted by molar-refractivity contribution is 5.92. The fourth-order valence-electron chi connectivity index (χ4n) is 3.77. The van der Waals surface area contributed by atoms with Crippen molar-refractivity contribution in [2.45, 2.75) is 25.8 Å². The van der Waals surface area contributed by atoms with Gasteiger partial charge in [-0.2, -0.15) is 0 Å². The summed E-state index contributed by atoms with van der Waals surface area (Å²) < 4.78 is 5.25. The molecule has 142 valence electrons. The van der Waals surface area contributed by atoms with Crippen molar-refractivity contribution in [1.29, 1.82) is 0 Å². The minimum absolute atomic E-state index is 0.0218. The van der Waals surface area contributed by atoms with Crippen molar-refractivity contribution in [3.63, 3.8) is 0 Å². The van der Waals surface area contributed by atoms with Gasteiger partial charge in [0.2, 0.25) is 0 Å². The van der Waals surface area contributed by atoms with Crippen LogP contribution in [-0.4, -0.2) is 34.4 Å². The summed E-state index contributed by atoms with van der Waals surface area (Å²) in [4.78, 5) is 23.9. The molecule has 4 rings (SSSR count). The molecule has 0 aliphatic carbocycles. The maximum atomic E-state index is 13.0. The number of nitrogens with zero attached hydrogens (tertiary/aromatic N) is 3. The van der Waals surface area contributed by atoms with E-state index in [1.54, 1.807) is 19.4 Å². The van der Waals surface area contributed by atoms with Crippen LogP contribution in [0.3, 0.4) is 0 Å². The summed E-state index contributed by atoms with van der Waals surface area (Å²) in [5, 5.41) is 0. The monoisotopic (exact) mass is 373 g/mol.